The molecule has 0 saturated heterocycles. The summed E-state index contributed by atoms with van der Waals surface area (Å²) in [5.74, 6) is 0.554. The molecule has 1 N–H and O–H groups in total. The highest BCUT2D eigenvalue weighted by Crippen LogP contribution is 2.03. The molecule has 0 unspecified atom stereocenters. The van der Waals surface area contributed by atoms with Crippen molar-refractivity contribution in [3.05, 3.63) is 11.5 Å². The Morgan fingerprint density at radius 2 is 1.57 bits per heavy atom. The standard InChI is InChI=1S/C10H21NO2S/c1-8(2)6-7-14(12,13)11-10(5)9(3)4/h6-11H,1-5H3/b7-6+/t10-/m1/s1. The summed E-state index contributed by atoms with van der Waals surface area (Å²) in [5.41, 5.74) is 0. The smallest absolute Gasteiger partial charge is 0.209 e. The van der Waals surface area contributed by atoms with E-state index in [4.69, 9.17) is 0 Å². The molecular weight excluding hydrogens is 198 g/mol. The molecule has 0 bridgehead atoms. The van der Waals surface area contributed by atoms with Crippen molar-refractivity contribution < 1.29 is 8.42 Å². The number of hydrogen-bond acceptors (Lipinski definition) is 2. The number of allylic oxidation sites excluding steroid dienone is 1. The topological polar surface area (TPSA) is 46.2 Å². The average molecular weight is 219 g/mol. The SMILES string of the molecule is CC(C)/C=C/S(=O)(=O)N[C@H](C)C(C)C. The van der Waals surface area contributed by atoms with Gasteiger partial charge in [0.25, 0.3) is 0 Å². The summed E-state index contributed by atoms with van der Waals surface area (Å²) in [4.78, 5) is 0. The van der Waals surface area contributed by atoms with Gasteiger partial charge in [-0.1, -0.05) is 33.8 Å². The Morgan fingerprint density at radius 1 is 1.07 bits per heavy atom. The van der Waals surface area contributed by atoms with Gasteiger partial charge < -0.3 is 0 Å². The summed E-state index contributed by atoms with van der Waals surface area (Å²) in [7, 11) is -3.25. The van der Waals surface area contributed by atoms with Crippen molar-refractivity contribution >= 4 is 10.0 Å². The molecular formula is C10H21NO2S. The van der Waals surface area contributed by atoms with E-state index in [1.54, 1.807) is 6.08 Å². The van der Waals surface area contributed by atoms with Crippen molar-refractivity contribution in [1.82, 2.24) is 4.72 Å². The molecule has 0 aliphatic rings. The van der Waals surface area contributed by atoms with Crippen LogP contribution in [0.4, 0.5) is 0 Å². The Hall–Kier alpha value is -0.350. The van der Waals surface area contributed by atoms with Crippen molar-refractivity contribution in [1.29, 1.82) is 0 Å². The normalized spacial score (nSPS) is 15.6. The second kappa shape index (κ2) is 5.51. The summed E-state index contributed by atoms with van der Waals surface area (Å²) in [6.45, 7) is 9.72. The maximum absolute atomic E-state index is 11.5. The molecule has 14 heavy (non-hydrogen) atoms. The molecule has 1 atom stereocenters. The Kier molecular flexibility index (Phi) is 5.37. The van der Waals surface area contributed by atoms with E-state index in [1.165, 1.54) is 5.41 Å². The van der Waals surface area contributed by atoms with E-state index >= 15 is 0 Å². The average Bonchev–Trinajstić information content (AvgIpc) is 2.00. The molecule has 3 nitrogen and oxygen atoms in total. The molecule has 0 radical (unpaired) electrons. The van der Waals surface area contributed by atoms with Crippen molar-refractivity contribution in [2.45, 2.75) is 40.7 Å². The Morgan fingerprint density at radius 3 is 1.93 bits per heavy atom. The third-order valence-corrected chi connectivity index (χ3v) is 3.21. The van der Waals surface area contributed by atoms with Crippen molar-refractivity contribution in [3.63, 3.8) is 0 Å². The van der Waals surface area contributed by atoms with E-state index in [0.717, 1.165) is 0 Å². The fraction of sp³-hybridized carbons (Fsp3) is 0.800. The number of hydrogen-bond donors (Lipinski definition) is 1. The predicted molar refractivity (Wildman–Crippen MR) is 60.3 cm³/mol. The molecule has 0 amide bonds. The lowest BCUT2D eigenvalue weighted by Gasteiger charge is -2.15. The van der Waals surface area contributed by atoms with Crippen molar-refractivity contribution in [2.75, 3.05) is 0 Å². The van der Waals surface area contributed by atoms with E-state index in [2.05, 4.69) is 4.72 Å². The molecule has 84 valence electrons. The van der Waals surface area contributed by atoms with E-state index in [1.807, 2.05) is 34.6 Å². The fourth-order valence-electron chi connectivity index (χ4n) is 0.695. The van der Waals surface area contributed by atoms with Crippen LogP contribution in [0.15, 0.2) is 11.5 Å². The molecule has 0 rings (SSSR count). The summed E-state index contributed by atoms with van der Waals surface area (Å²) in [6.07, 6.45) is 1.68. The highest BCUT2D eigenvalue weighted by atomic mass is 32.2. The molecule has 0 fully saturated rings. The van der Waals surface area contributed by atoms with Crippen LogP contribution in [0.3, 0.4) is 0 Å². The molecule has 0 aromatic carbocycles. The van der Waals surface area contributed by atoms with E-state index in [0.29, 0.717) is 5.92 Å². The van der Waals surface area contributed by atoms with Crippen LogP contribution in [0, 0.1) is 11.8 Å². The van der Waals surface area contributed by atoms with Gasteiger partial charge in [-0.2, -0.15) is 0 Å². The van der Waals surface area contributed by atoms with Gasteiger partial charge in [0, 0.05) is 11.4 Å². The lowest BCUT2D eigenvalue weighted by molar-refractivity contribution is 0.480. The summed E-state index contributed by atoms with van der Waals surface area (Å²) >= 11 is 0. The number of nitrogens with one attached hydrogen (secondary N) is 1. The van der Waals surface area contributed by atoms with Gasteiger partial charge in [0.2, 0.25) is 10.0 Å². The van der Waals surface area contributed by atoms with Crippen LogP contribution in [0.1, 0.15) is 34.6 Å². The quantitative estimate of drug-likeness (QED) is 0.770. The lowest BCUT2D eigenvalue weighted by Crippen LogP contribution is -2.34. The molecule has 0 spiro atoms. The molecule has 0 saturated carbocycles. The third-order valence-electron chi connectivity index (χ3n) is 1.99. The van der Waals surface area contributed by atoms with Gasteiger partial charge in [-0.15, -0.1) is 0 Å². The third kappa shape index (κ3) is 6.16. The van der Waals surface area contributed by atoms with Gasteiger partial charge >= 0.3 is 0 Å². The van der Waals surface area contributed by atoms with Crippen LogP contribution in [-0.2, 0) is 10.0 Å². The maximum Gasteiger partial charge on any atom is 0.233 e. The van der Waals surface area contributed by atoms with Crippen LogP contribution < -0.4 is 4.72 Å². The van der Waals surface area contributed by atoms with Gasteiger partial charge in [-0.05, 0) is 18.8 Å². The molecule has 0 aromatic rings. The summed E-state index contributed by atoms with van der Waals surface area (Å²) in [5, 5.41) is 1.25. The highest BCUT2D eigenvalue weighted by molar-refractivity contribution is 7.92. The minimum Gasteiger partial charge on any atom is -0.209 e. The first kappa shape index (κ1) is 13.7. The van der Waals surface area contributed by atoms with Crippen LogP contribution in [0.2, 0.25) is 0 Å². The molecule has 0 aromatic heterocycles. The monoisotopic (exact) mass is 219 g/mol. The predicted octanol–water partition coefficient (Wildman–Crippen LogP) is 2.12. The summed E-state index contributed by atoms with van der Waals surface area (Å²) in [6, 6.07) is -0.0307. The molecule has 4 heteroatoms. The lowest BCUT2D eigenvalue weighted by atomic mass is 10.1. The van der Waals surface area contributed by atoms with Gasteiger partial charge in [-0.3, -0.25) is 0 Å². The fourth-order valence-corrected chi connectivity index (χ4v) is 2.09. The van der Waals surface area contributed by atoms with Crippen molar-refractivity contribution in [2.24, 2.45) is 11.8 Å². The second-order valence-electron chi connectivity index (χ2n) is 4.27. The first-order valence-electron chi connectivity index (χ1n) is 4.95. The Bertz CT molecular complexity index is 278. The van der Waals surface area contributed by atoms with Gasteiger partial charge in [0.1, 0.15) is 0 Å². The minimum atomic E-state index is -3.25. The van der Waals surface area contributed by atoms with Crippen LogP contribution >= 0.6 is 0 Å². The first-order valence-corrected chi connectivity index (χ1v) is 6.49. The molecule has 0 aliphatic carbocycles. The zero-order valence-electron chi connectivity index (χ0n) is 9.61. The van der Waals surface area contributed by atoms with E-state index < -0.39 is 10.0 Å². The Labute approximate surface area is 87.6 Å². The van der Waals surface area contributed by atoms with Crippen LogP contribution in [-0.4, -0.2) is 14.5 Å². The van der Waals surface area contributed by atoms with Gasteiger partial charge in [0.05, 0.1) is 0 Å². The molecule has 0 heterocycles. The Balaban J connectivity index is 4.36. The summed E-state index contributed by atoms with van der Waals surface area (Å²) < 4.78 is 25.5. The maximum atomic E-state index is 11.5. The first-order chi connectivity index (χ1) is 6.24. The highest BCUT2D eigenvalue weighted by Gasteiger charge is 2.13. The number of rotatable bonds is 5. The zero-order chi connectivity index (χ0) is 11.4. The van der Waals surface area contributed by atoms with Crippen LogP contribution in [0.25, 0.3) is 0 Å². The minimum absolute atomic E-state index is 0.0307. The number of sulfonamides is 1. The zero-order valence-corrected chi connectivity index (χ0v) is 10.4. The second-order valence-corrected chi connectivity index (χ2v) is 5.87. The van der Waals surface area contributed by atoms with E-state index in [9.17, 15) is 8.42 Å². The van der Waals surface area contributed by atoms with E-state index in [-0.39, 0.29) is 12.0 Å². The molecule has 0 aliphatic heterocycles. The van der Waals surface area contributed by atoms with Gasteiger partial charge in [0.15, 0.2) is 0 Å². The van der Waals surface area contributed by atoms with Gasteiger partial charge in [-0.25, -0.2) is 13.1 Å². The largest absolute Gasteiger partial charge is 0.233 e. The van der Waals surface area contributed by atoms with Crippen LogP contribution in [0.5, 0.6) is 0 Å². The van der Waals surface area contributed by atoms with Crippen molar-refractivity contribution in [3.8, 4) is 0 Å².